The Morgan fingerprint density at radius 2 is 0.742 bits per heavy atom. The van der Waals surface area contributed by atoms with E-state index in [2.05, 4.69) is 14.8 Å². The van der Waals surface area contributed by atoms with Gasteiger partial charge in [0.2, 0.25) is 11.8 Å². The molecule has 8 rings (SSSR count). The molecule has 8 aliphatic heterocycles. The number of aliphatic hydroxyl groups excluding tert-OH is 19. The van der Waals surface area contributed by atoms with E-state index in [-0.39, 0.29) is 0 Å². The van der Waals surface area contributed by atoms with Gasteiger partial charge in [-0.1, -0.05) is 0 Å². The first kappa shape index (κ1) is 79.6. The zero-order chi connectivity index (χ0) is 71.9. The van der Waals surface area contributed by atoms with Gasteiger partial charge in [0.1, 0.15) is 171 Å². The first-order valence-electron chi connectivity index (χ1n) is 30.4. The molecular weight excluding hydrogens is 1360 g/mol. The minimum atomic E-state index is -5.31. The number of aliphatic carboxylic acids is 1. The van der Waals surface area contributed by atoms with Crippen molar-refractivity contribution in [2.24, 2.45) is 0 Å². The maximum Gasteiger partial charge on any atom is 0.397 e. The molecule has 8 aliphatic rings. The Kier molecular flexibility index (Phi) is 27.2. The lowest BCUT2D eigenvalue weighted by molar-refractivity contribution is -0.409. The van der Waals surface area contributed by atoms with Crippen molar-refractivity contribution in [3.05, 3.63) is 0 Å². The maximum atomic E-state index is 12.9. The van der Waals surface area contributed by atoms with Gasteiger partial charge in [-0.05, 0) is 20.8 Å². The monoisotopic (exact) mass is 1440 g/mol. The summed E-state index contributed by atoms with van der Waals surface area (Å²) in [6.07, 6.45) is -79.2. The third-order valence-electron chi connectivity index (χ3n) is 17.5. The predicted molar refractivity (Wildman–Crippen MR) is 294 cm³/mol. The van der Waals surface area contributed by atoms with E-state index >= 15 is 0 Å². The van der Waals surface area contributed by atoms with Crippen LogP contribution in [0.1, 0.15) is 34.6 Å². The molecular formula is C52H86N2O42S. The van der Waals surface area contributed by atoms with Crippen LogP contribution in [0.4, 0.5) is 0 Å². The highest BCUT2D eigenvalue weighted by molar-refractivity contribution is 7.80. The second-order valence-corrected chi connectivity index (χ2v) is 25.5. The number of aliphatic hydroxyl groups is 19. The molecule has 0 aromatic carbocycles. The molecule has 0 saturated carbocycles. The fourth-order valence-electron chi connectivity index (χ4n) is 12.1. The van der Waals surface area contributed by atoms with E-state index in [0.29, 0.717) is 0 Å². The van der Waals surface area contributed by atoms with Crippen molar-refractivity contribution in [2.45, 2.75) is 280 Å². The summed E-state index contributed by atoms with van der Waals surface area (Å²) in [7, 11) is -5.31. The molecule has 23 N–H and O–H groups in total. The number of rotatable bonds is 23. The normalized spacial score (nSPS) is 50.1. The number of hydrogen-bond acceptors (Lipinski definition) is 40. The van der Waals surface area contributed by atoms with Gasteiger partial charge in [0, 0.05) is 13.8 Å². The number of ether oxygens (including phenoxy) is 15. The van der Waals surface area contributed by atoms with Crippen LogP contribution in [-0.2, 0) is 100 Å². The molecule has 8 saturated heterocycles. The predicted octanol–water partition coefficient (Wildman–Crippen LogP) is -15.2. The van der Waals surface area contributed by atoms with Crippen molar-refractivity contribution in [3.8, 4) is 0 Å². The van der Waals surface area contributed by atoms with E-state index in [4.69, 9.17) is 71.1 Å². The minimum absolute atomic E-state index is 0.910. The third-order valence-corrected chi connectivity index (χ3v) is 17.9. The van der Waals surface area contributed by atoms with Crippen LogP contribution in [0, 0.1) is 0 Å². The van der Waals surface area contributed by atoms with Crippen LogP contribution in [0.3, 0.4) is 0 Å². The molecule has 0 bridgehead atoms. The van der Waals surface area contributed by atoms with Gasteiger partial charge in [-0.25, -0.2) is 8.98 Å². The fraction of sp³-hybridized carbons (Fsp3) is 0.942. The van der Waals surface area contributed by atoms with Crippen molar-refractivity contribution in [1.82, 2.24) is 10.6 Å². The molecule has 562 valence electrons. The smallest absolute Gasteiger partial charge is 0.397 e. The van der Waals surface area contributed by atoms with Crippen molar-refractivity contribution in [3.63, 3.8) is 0 Å². The van der Waals surface area contributed by atoms with Gasteiger partial charge in [-0.15, -0.1) is 0 Å². The lowest BCUT2D eigenvalue weighted by atomic mass is 9.94. The standard InChI is InChI=1S/C52H86N2O42S/c1-10-21(59)28(66)33(71)47(83-10)90-38-20(54-14(5)58)46(89-18(27(38)65)9-82-97(78,79)80)81-8-17-26(64)37(19(45(77)86-17)53-13(4)57)91-52-43(96-49-35(73)30(68)23(61)12(3)85-49)40(25(63)16(7-56)88-52)93-50-36(74)39(24(62)15(6-55)87-50)92-51-42(32(70)31(69)41(94-51)44(75)76)95-48-34(72)29(67)22(60)11(2)84-48/h10-12,15-43,45-52,55-56,59-74,77H,6-9H2,1-5H3,(H,53,57)(H,54,58)(H,75,76)(H,78,79,80)/t10-,11-,12-,15+,16+,17+,18+,19+,20+,21+,22+,23+,24-,25-,26-,27+,28+,29+,30+,31-,32-,33-,34-,35-,36+,37+,38+,39-,40-,41-,42+,43+,45+,46+,47-,48-,49-,50-,51+,52-/m0/s1. The maximum absolute atomic E-state index is 12.9. The second kappa shape index (κ2) is 33.1. The Morgan fingerprint density at radius 3 is 1.22 bits per heavy atom. The Morgan fingerprint density at radius 1 is 0.371 bits per heavy atom. The number of carbonyl (C=O) groups excluding carboxylic acids is 2. The van der Waals surface area contributed by atoms with E-state index in [1.165, 1.54) is 20.8 Å². The lowest BCUT2D eigenvalue weighted by Gasteiger charge is -2.51. The average molecular weight is 1440 g/mol. The Labute approximate surface area is 548 Å². The molecule has 0 aliphatic carbocycles. The number of nitrogens with one attached hydrogen (secondary N) is 2. The Hall–Kier alpha value is -3.08. The number of carbonyl (C=O) groups is 3. The molecule has 8 fully saturated rings. The zero-order valence-corrected chi connectivity index (χ0v) is 52.6. The van der Waals surface area contributed by atoms with E-state index in [0.717, 1.165) is 13.8 Å². The fourth-order valence-corrected chi connectivity index (χ4v) is 12.4. The van der Waals surface area contributed by atoms with Crippen molar-refractivity contribution < 1.29 is 205 Å². The van der Waals surface area contributed by atoms with Crippen molar-refractivity contribution in [2.75, 3.05) is 26.4 Å². The van der Waals surface area contributed by atoms with Crippen LogP contribution < -0.4 is 10.6 Å². The Balaban J connectivity index is 1.12. The van der Waals surface area contributed by atoms with E-state index in [9.17, 15) is 129 Å². The van der Waals surface area contributed by atoms with Gasteiger partial charge in [0.05, 0.1) is 44.7 Å². The quantitative estimate of drug-likeness (QED) is 0.0422. The van der Waals surface area contributed by atoms with Crippen LogP contribution in [0.25, 0.3) is 0 Å². The molecule has 0 spiro atoms. The van der Waals surface area contributed by atoms with Gasteiger partial charge in [-0.3, -0.25) is 14.1 Å². The van der Waals surface area contributed by atoms with Crippen LogP contribution in [0.2, 0.25) is 0 Å². The molecule has 97 heavy (non-hydrogen) atoms. The van der Waals surface area contributed by atoms with Gasteiger partial charge >= 0.3 is 16.4 Å². The molecule has 2 amide bonds. The number of amides is 2. The topological polar surface area (TPSA) is 682 Å². The molecule has 0 aromatic heterocycles. The summed E-state index contributed by atoms with van der Waals surface area (Å²) in [5, 5.41) is 226. The number of carboxylic acids is 1. The van der Waals surface area contributed by atoms with Crippen LogP contribution in [0.5, 0.6) is 0 Å². The summed E-state index contributed by atoms with van der Waals surface area (Å²) in [4.78, 5) is 38.0. The van der Waals surface area contributed by atoms with E-state index in [1.54, 1.807) is 0 Å². The molecule has 45 heteroatoms. The molecule has 0 unspecified atom stereocenters. The lowest BCUT2D eigenvalue weighted by Crippen LogP contribution is -2.70. The van der Waals surface area contributed by atoms with E-state index < -0.39 is 300 Å². The molecule has 0 radical (unpaired) electrons. The largest absolute Gasteiger partial charge is 0.479 e. The van der Waals surface area contributed by atoms with Crippen LogP contribution in [-0.4, -0.2) is 405 Å². The Bertz CT molecular complexity index is 2690. The highest BCUT2D eigenvalue weighted by atomic mass is 32.3. The van der Waals surface area contributed by atoms with Crippen molar-refractivity contribution >= 4 is 28.2 Å². The molecule has 44 nitrogen and oxygen atoms in total. The van der Waals surface area contributed by atoms with Gasteiger partial charge < -0.3 is 184 Å². The van der Waals surface area contributed by atoms with E-state index in [1.807, 2.05) is 0 Å². The first-order chi connectivity index (χ1) is 45.4. The third kappa shape index (κ3) is 17.8. The summed E-state index contributed by atoms with van der Waals surface area (Å²) in [6, 6.07) is -3.76. The molecule has 0 aromatic rings. The highest BCUT2D eigenvalue weighted by Gasteiger charge is 2.60. The first-order valence-corrected chi connectivity index (χ1v) is 31.7. The van der Waals surface area contributed by atoms with Gasteiger partial charge in [0.15, 0.2) is 56.4 Å². The molecule has 40 atom stereocenters. The molecule has 8 heterocycles. The summed E-state index contributed by atoms with van der Waals surface area (Å²) >= 11 is 0. The highest BCUT2D eigenvalue weighted by Crippen LogP contribution is 2.39. The zero-order valence-electron chi connectivity index (χ0n) is 51.8. The SMILES string of the molecule is CC(=O)N[C@@H]1[C@@H](O[C@@H]2O[C@H](CO)[C@H](O)[C@H](O[C@@H]3O[C@H](CO)[C@H](O)[C@H](O[C@@H]4O[C@H](C(=O)O)[C@@H](O)[C@H](O)[C@H]4O[C@@H]4O[C@@H](C)[C@@H](O)[C@@H](O)[C@@H]4O)[C@H]3O)[C@H]2O[C@@H]2O[C@@H](C)[C@@H](O)[C@@H](O)[C@@H]2O)[C@@H](O)[C@@H](CO[C@@H]2O[C@H](COS(=O)(=O)O)[C@@H](O)[C@H](O[C@@H]3O[C@@H](C)[C@@H](O)[C@@H](O)[C@@H]3O)[C@H]2NC(C)=O)O[C@H]1O. The number of hydrogen-bond donors (Lipinski definition) is 23. The summed E-state index contributed by atoms with van der Waals surface area (Å²) < 4.78 is 125. The second-order valence-electron chi connectivity index (χ2n) is 24.4. The summed E-state index contributed by atoms with van der Waals surface area (Å²) in [5.74, 6) is -3.80. The average Bonchev–Trinajstić information content (AvgIpc) is 0.838. The van der Waals surface area contributed by atoms with Gasteiger partial charge in [0.25, 0.3) is 0 Å². The van der Waals surface area contributed by atoms with Gasteiger partial charge in [-0.2, -0.15) is 8.42 Å². The number of carboxylic acid groups (broad SMARTS) is 1. The van der Waals surface area contributed by atoms with Crippen LogP contribution >= 0.6 is 0 Å². The summed E-state index contributed by atoms with van der Waals surface area (Å²) in [5.41, 5.74) is 0. The minimum Gasteiger partial charge on any atom is -0.479 e. The summed E-state index contributed by atoms with van der Waals surface area (Å²) in [6.45, 7) is 0.830. The van der Waals surface area contributed by atoms with Crippen molar-refractivity contribution in [1.29, 1.82) is 0 Å². The van der Waals surface area contributed by atoms with Crippen LogP contribution in [0.15, 0.2) is 0 Å².